The van der Waals surface area contributed by atoms with Crippen molar-refractivity contribution in [2.24, 2.45) is 0 Å². The Morgan fingerprint density at radius 3 is 2.52 bits per heavy atom. The van der Waals surface area contributed by atoms with Crippen LogP contribution in [0.2, 0.25) is 0 Å². The van der Waals surface area contributed by atoms with E-state index < -0.39 is 5.97 Å². The molecule has 3 rings (SSSR count). The first-order valence-corrected chi connectivity index (χ1v) is 7.65. The van der Waals surface area contributed by atoms with Crippen LogP contribution in [0.4, 0.5) is 4.39 Å². The van der Waals surface area contributed by atoms with Gasteiger partial charge in [0.15, 0.2) is 23.9 Å². The van der Waals surface area contributed by atoms with Crippen LogP contribution in [0.1, 0.15) is 15.9 Å². The summed E-state index contributed by atoms with van der Waals surface area (Å²) in [5, 5.41) is 0. The molecule has 1 aliphatic heterocycles. The summed E-state index contributed by atoms with van der Waals surface area (Å²) in [5.74, 6) is -0.276. The third-order valence-electron chi connectivity index (χ3n) is 3.49. The van der Waals surface area contributed by atoms with Crippen LogP contribution in [0.5, 0.6) is 11.5 Å². The van der Waals surface area contributed by atoms with E-state index in [-0.39, 0.29) is 18.2 Å². The summed E-state index contributed by atoms with van der Waals surface area (Å²) in [5.41, 5.74) is 1.02. The maximum atomic E-state index is 12.8. The Morgan fingerprint density at radius 1 is 1.04 bits per heavy atom. The number of hydrogen-bond donors (Lipinski definition) is 0. The number of esters is 1. The Balaban J connectivity index is 1.54. The molecule has 1 aliphatic rings. The van der Waals surface area contributed by atoms with E-state index in [1.165, 1.54) is 36.4 Å². The van der Waals surface area contributed by atoms with Gasteiger partial charge in [-0.3, -0.25) is 4.79 Å². The number of ether oxygens (including phenoxy) is 3. The Bertz CT molecular complexity index is 811. The van der Waals surface area contributed by atoms with Crippen LogP contribution in [-0.4, -0.2) is 31.6 Å². The van der Waals surface area contributed by atoms with Crippen molar-refractivity contribution in [3.63, 3.8) is 0 Å². The molecular formula is C19H15FO5. The lowest BCUT2D eigenvalue weighted by molar-refractivity contribution is -0.136. The zero-order chi connectivity index (χ0) is 17.6. The lowest BCUT2D eigenvalue weighted by atomic mass is 10.1. The number of rotatable bonds is 5. The van der Waals surface area contributed by atoms with E-state index in [9.17, 15) is 14.0 Å². The minimum absolute atomic E-state index is 0.347. The lowest BCUT2D eigenvalue weighted by Crippen LogP contribution is -2.17. The fraction of sp³-hybridized carbons (Fsp3) is 0.158. The molecule has 0 saturated carbocycles. The molecule has 2 aromatic carbocycles. The largest absolute Gasteiger partial charge is 0.486 e. The molecule has 1 heterocycles. The second-order valence-corrected chi connectivity index (χ2v) is 5.27. The minimum atomic E-state index is -0.657. The topological polar surface area (TPSA) is 61.8 Å². The number of Topliss-reactive ketones (excluding diaryl/α,β-unsaturated/α-hetero) is 1. The monoisotopic (exact) mass is 342 g/mol. The summed E-state index contributed by atoms with van der Waals surface area (Å²) in [6, 6.07) is 10.4. The third-order valence-corrected chi connectivity index (χ3v) is 3.49. The van der Waals surface area contributed by atoms with E-state index >= 15 is 0 Å². The lowest BCUT2D eigenvalue weighted by Gasteiger charge is -2.18. The number of fused-ring (bicyclic) bond motifs is 1. The fourth-order valence-electron chi connectivity index (χ4n) is 2.22. The summed E-state index contributed by atoms with van der Waals surface area (Å²) in [4.78, 5) is 23.8. The van der Waals surface area contributed by atoms with E-state index in [2.05, 4.69) is 0 Å². The number of ketones is 1. The molecule has 0 atom stereocenters. The van der Waals surface area contributed by atoms with E-state index in [0.717, 1.165) is 0 Å². The molecular weight excluding hydrogens is 327 g/mol. The van der Waals surface area contributed by atoms with Gasteiger partial charge in [0.1, 0.15) is 19.0 Å². The number of halogens is 1. The smallest absolute Gasteiger partial charge is 0.331 e. The molecule has 0 aromatic heterocycles. The predicted molar refractivity (Wildman–Crippen MR) is 88.2 cm³/mol. The van der Waals surface area contributed by atoms with Crippen LogP contribution in [0.3, 0.4) is 0 Å². The highest BCUT2D eigenvalue weighted by molar-refractivity contribution is 5.99. The van der Waals surface area contributed by atoms with Gasteiger partial charge < -0.3 is 14.2 Å². The Kier molecular flexibility index (Phi) is 5.09. The normalized spacial score (nSPS) is 12.8. The first-order valence-electron chi connectivity index (χ1n) is 7.65. The van der Waals surface area contributed by atoms with Crippen LogP contribution < -0.4 is 9.47 Å². The van der Waals surface area contributed by atoms with Crippen molar-refractivity contribution in [1.29, 1.82) is 0 Å². The minimum Gasteiger partial charge on any atom is -0.486 e. The van der Waals surface area contributed by atoms with Crippen molar-refractivity contribution in [2.45, 2.75) is 0 Å². The van der Waals surface area contributed by atoms with Crippen molar-refractivity contribution in [3.8, 4) is 11.5 Å². The van der Waals surface area contributed by atoms with Gasteiger partial charge in [-0.1, -0.05) is 12.1 Å². The Labute approximate surface area is 143 Å². The molecule has 0 aliphatic carbocycles. The zero-order valence-corrected chi connectivity index (χ0v) is 13.2. The molecule has 0 bridgehead atoms. The molecule has 0 saturated heterocycles. The predicted octanol–water partition coefficient (Wildman–Crippen LogP) is 3.04. The summed E-state index contributed by atoms with van der Waals surface area (Å²) < 4.78 is 28.5. The van der Waals surface area contributed by atoms with Gasteiger partial charge in [0.05, 0.1) is 0 Å². The summed E-state index contributed by atoms with van der Waals surface area (Å²) in [6.45, 7) is 0.512. The third kappa shape index (κ3) is 4.44. The molecule has 0 N–H and O–H groups in total. The number of carbonyl (C=O) groups is 2. The Morgan fingerprint density at radius 2 is 1.76 bits per heavy atom. The molecule has 6 heteroatoms. The quantitative estimate of drug-likeness (QED) is 0.475. The summed E-state index contributed by atoms with van der Waals surface area (Å²) >= 11 is 0. The first kappa shape index (κ1) is 16.7. The first-order chi connectivity index (χ1) is 12.1. The fourth-order valence-corrected chi connectivity index (χ4v) is 2.22. The standard InChI is InChI=1S/C19H15FO5/c20-15-5-1-13(2-6-15)3-8-19(22)25-12-16(21)14-4-7-17-18(11-14)24-10-9-23-17/h1-8,11H,9-10,12H2/b8-3+. The number of benzene rings is 2. The Hall–Kier alpha value is -3.15. The molecule has 0 spiro atoms. The van der Waals surface area contributed by atoms with E-state index in [0.29, 0.717) is 35.8 Å². The molecule has 25 heavy (non-hydrogen) atoms. The van der Waals surface area contributed by atoms with Gasteiger partial charge in [-0.05, 0) is 42.0 Å². The number of carbonyl (C=O) groups excluding carboxylic acids is 2. The van der Waals surface area contributed by atoms with Gasteiger partial charge in [-0.15, -0.1) is 0 Å². The second-order valence-electron chi connectivity index (χ2n) is 5.27. The van der Waals surface area contributed by atoms with Crippen molar-refractivity contribution < 1.29 is 28.2 Å². The van der Waals surface area contributed by atoms with Gasteiger partial charge in [-0.25, -0.2) is 9.18 Å². The molecule has 0 unspecified atom stereocenters. The van der Waals surface area contributed by atoms with Crippen molar-refractivity contribution in [2.75, 3.05) is 19.8 Å². The summed E-state index contributed by atoms with van der Waals surface area (Å²) in [7, 11) is 0. The average molecular weight is 342 g/mol. The molecule has 5 nitrogen and oxygen atoms in total. The van der Waals surface area contributed by atoms with Gasteiger partial charge in [0.25, 0.3) is 0 Å². The SMILES string of the molecule is O=C(/C=C/c1ccc(F)cc1)OCC(=O)c1ccc2c(c1)OCCO2. The maximum Gasteiger partial charge on any atom is 0.331 e. The van der Waals surface area contributed by atoms with Crippen LogP contribution >= 0.6 is 0 Å². The average Bonchev–Trinajstić information content (AvgIpc) is 2.65. The molecule has 128 valence electrons. The van der Waals surface area contributed by atoms with Crippen LogP contribution in [0, 0.1) is 5.82 Å². The van der Waals surface area contributed by atoms with E-state index in [1.54, 1.807) is 18.2 Å². The van der Waals surface area contributed by atoms with E-state index in [4.69, 9.17) is 14.2 Å². The van der Waals surface area contributed by atoms with Crippen LogP contribution in [0.25, 0.3) is 6.08 Å². The van der Waals surface area contributed by atoms with Gasteiger partial charge in [-0.2, -0.15) is 0 Å². The molecule has 2 aromatic rings. The van der Waals surface area contributed by atoms with Crippen LogP contribution in [0.15, 0.2) is 48.5 Å². The van der Waals surface area contributed by atoms with Crippen molar-refractivity contribution in [3.05, 3.63) is 65.5 Å². The zero-order valence-electron chi connectivity index (χ0n) is 13.2. The highest BCUT2D eigenvalue weighted by Gasteiger charge is 2.15. The molecule has 0 amide bonds. The molecule has 0 fully saturated rings. The highest BCUT2D eigenvalue weighted by atomic mass is 19.1. The van der Waals surface area contributed by atoms with Crippen LogP contribution in [-0.2, 0) is 9.53 Å². The van der Waals surface area contributed by atoms with Gasteiger partial charge in [0, 0.05) is 11.6 Å². The summed E-state index contributed by atoms with van der Waals surface area (Å²) in [6.07, 6.45) is 2.67. The van der Waals surface area contributed by atoms with Crippen molar-refractivity contribution >= 4 is 17.8 Å². The molecule has 0 radical (unpaired) electrons. The number of hydrogen-bond acceptors (Lipinski definition) is 5. The highest BCUT2D eigenvalue weighted by Crippen LogP contribution is 2.30. The van der Waals surface area contributed by atoms with Gasteiger partial charge in [0.2, 0.25) is 0 Å². The second kappa shape index (κ2) is 7.61. The van der Waals surface area contributed by atoms with Gasteiger partial charge >= 0.3 is 5.97 Å². The van der Waals surface area contributed by atoms with E-state index in [1.807, 2.05) is 0 Å². The van der Waals surface area contributed by atoms with Crippen molar-refractivity contribution in [1.82, 2.24) is 0 Å². The maximum absolute atomic E-state index is 12.8.